The van der Waals surface area contributed by atoms with E-state index < -0.39 is 5.97 Å². The number of halogens is 1. The molecule has 0 saturated carbocycles. The van der Waals surface area contributed by atoms with Crippen LogP contribution in [0.4, 0.5) is 0 Å². The van der Waals surface area contributed by atoms with Crippen LogP contribution in [0.25, 0.3) is 0 Å². The Kier molecular flexibility index (Phi) is 6.82. The highest BCUT2D eigenvalue weighted by atomic mass is 35.5. The van der Waals surface area contributed by atoms with Gasteiger partial charge >= 0.3 is 5.97 Å². The summed E-state index contributed by atoms with van der Waals surface area (Å²) >= 11 is 0. The Labute approximate surface area is 113 Å². The van der Waals surface area contributed by atoms with Crippen molar-refractivity contribution in [2.24, 2.45) is 0 Å². The Morgan fingerprint density at radius 2 is 1.61 bits per heavy atom. The fourth-order valence-corrected chi connectivity index (χ4v) is 1.54. The fourth-order valence-electron chi connectivity index (χ4n) is 1.54. The van der Waals surface area contributed by atoms with Crippen molar-refractivity contribution >= 4 is 24.3 Å². The lowest BCUT2D eigenvalue weighted by molar-refractivity contribution is 0.0696. The number of benzene rings is 1. The molecule has 0 atom stereocenters. The minimum absolute atomic E-state index is 0. The first-order chi connectivity index (χ1) is 7.99. The van der Waals surface area contributed by atoms with Gasteiger partial charge in [0.25, 0.3) is 0 Å². The highest BCUT2D eigenvalue weighted by molar-refractivity contribution is 5.88. The summed E-state index contributed by atoms with van der Waals surface area (Å²) in [6.07, 6.45) is 0. The molecular weight excluding hydrogens is 254 g/mol. The lowest BCUT2D eigenvalue weighted by atomic mass is 10.1. The minimum Gasteiger partial charge on any atom is -0.478 e. The molecule has 0 bridgehead atoms. The van der Waals surface area contributed by atoms with E-state index in [2.05, 4.69) is 10.6 Å². The summed E-state index contributed by atoms with van der Waals surface area (Å²) in [5.41, 5.74) is 2.34. The van der Waals surface area contributed by atoms with Crippen LogP contribution in [0.15, 0.2) is 18.2 Å². The molecule has 1 heterocycles. The third-order valence-electron chi connectivity index (χ3n) is 2.20. The largest absolute Gasteiger partial charge is 0.478 e. The van der Waals surface area contributed by atoms with Crippen molar-refractivity contribution in [3.63, 3.8) is 0 Å². The summed E-state index contributed by atoms with van der Waals surface area (Å²) in [6, 6.07) is 5.27. The first-order valence-electron chi connectivity index (χ1n) is 5.37. The van der Waals surface area contributed by atoms with Crippen LogP contribution in [0, 0.1) is 19.3 Å². The van der Waals surface area contributed by atoms with Crippen LogP contribution in [0.5, 0.6) is 0 Å². The summed E-state index contributed by atoms with van der Waals surface area (Å²) in [7, 11) is 0. The number of guanidine groups is 1. The van der Waals surface area contributed by atoms with Crippen LogP contribution in [-0.2, 0) is 0 Å². The van der Waals surface area contributed by atoms with Crippen LogP contribution in [-0.4, -0.2) is 30.1 Å². The normalized spacial score (nSPS) is 12.4. The molecule has 1 fully saturated rings. The molecule has 4 N–H and O–H groups in total. The van der Waals surface area contributed by atoms with E-state index in [1.54, 1.807) is 12.1 Å². The molecule has 1 aliphatic rings. The highest BCUT2D eigenvalue weighted by Gasteiger charge is 2.02. The third kappa shape index (κ3) is 5.54. The van der Waals surface area contributed by atoms with Crippen molar-refractivity contribution in [3.8, 4) is 0 Å². The number of rotatable bonds is 1. The molecule has 1 saturated heterocycles. The van der Waals surface area contributed by atoms with E-state index in [9.17, 15) is 4.79 Å². The van der Waals surface area contributed by atoms with E-state index in [0.717, 1.165) is 24.2 Å². The molecule has 18 heavy (non-hydrogen) atoms. The number of carboxylic acids is 1. The molecule has 2 rings (SSSR count). The number of aromatic carboxylic acids is 1. The highest BCUT2D eigenvalue weighted by Crippen LogP contribution is 2.08. The van der Waals surface area contributed by atoms with Crippen LogP contribution < -0.4 is 10.6 Å². The molecule has 0 aromatic heterocycles. The molecule has 0 radical (unpaired) electrons. The summed E-state index contributed by atoms with van der Waals surface area (Å²) in [5.74, 6) is -0.410. The van der Waals surface area contributed by atoms with E-state index in [0.29, 0.717) is 11.5 Å². The molecule has 6 heteroatoms. The zero-order chi connectivity index (χ0) is 12.8. The maximum Gasteiger partial charge on any atom is 0.335 e. The van der Waals surface area contributed by atoms with Gasteiger partial charge in [-0.25, -0.2) is 4.79 Å². The number of hydrogen-bond donors (Lipinski definition) is 4. The van der Waals surface area contributed by atoms with Gasteiger partial charge in [-0.3, -0.25) is 5.41 Å². The number of nitrogens with one attached hydrogen (secondary N) is 3. The summed E-state index contributed by atoms with van der Waals surface area (Å²) in [6.45, 7) is 5.58. The van der Waals surface area contributed by atoms with E-state index in [1.807, 2.05) is 19.9 Å². The summed E-state index contributed by atoms with van der Waals surface area (Å²) < 4.78 is 0. The predicted octanol–water partition coefficient (Wildman–Crippen LogP) is 1.54. The average Bonchev–Trinajstić information content (AvgIpc) is 2.68. The lowest BCUT2D eigenvalue weighted by Gasteiger charge is -1.98. The van der Waals surface area contributed by atoms with Gasteiger partial charge in [0, 0.05) is 13.1 Å². The van der Waals surface area contributed by atoms with Gasteiger partial charge in [-0.2, -0.15) is 0 Å². The summed E-state index contributed by atoms with van der Waals surface area (Å²) in [4.78, 5) is 10.5. The average molecular weight is 272 g/mol. The van der Waals surface area contributed by atoms with Crippen molar-refractivity contribution < 1.29 is 9.90 Å². The maximum atomic E-state index is 10.5. The lowest BCUT2D eigenvalue weighted by Crippen LogP contribution is -2.21. The van der Waals surface area contributed by atoms with E-state index in [-0.39, 0.29) is 12.4 Å². The van der Waals surface area contributed by atoms with Gasteiger partial charge in [0.05, 0.1) is 5.56 Å². The Hall–Kier alpha value is -1.75. The topological polar surface area (TPSA) is 85.2 Å². The molecule has 0 amide bonds. The fraction of sp³-hybridized carbons (Fsp3) is 0.333. The molecule has 100 valence electrons. The molecule has 0 spiro atoms. The van der Waals surface area contributed by atoms with Crippen molar-refractivity contribution in [2.75, 3.05) is 13.1 Å². The number of hydrogen-bond acceptors (Lipinski definition) is 2. The SMILES string of the molecule is Cc1cc(C)cc(C(=O)O)c1.Cl.N=C1NCCN1. The zero-order valence-electron chi connectivity index (χ0n) is 10.4. The molecular formula is C12H18ClN3O2. The van der Waals surface area contributed by atoms with Gasteiger partial charge in [-0.1, -0.05) is 17.2 Å². The summed E-state index contributed by atoms with van der Waals surface area (Å²) in [5, 5.41) is 21.0. The van der Waals surface area contributed by atoms with Crippen LogP contribution in [0.3, 0.4) is 0 Å². The van der Waals surface area contributed by atoms with Crippen LogP contribution >= 0.6 is 12.4 Å². The van der Waals surface area contributed by atoms with E-state index in [4.69, 9.17) is 10.5 Å². The van der Waals surface area contributed by atoms with E-state index >= 15 is 0 Å². The Morgan fingerprint density at radius 3 is 1.89 bits per heavy atom. The first kappa shape index (κ1) is 16.2. The van der Waals surface area contributed by atoms with E-state index in [1.165, 1.54) is 0 Å². The second-order valence-corrected chi connectivity index (χ2v) is 3.91. The standard InChI is InChI=1S/C9H10O2.C3H7N3.ClH/c1-6-3-7(2)5-8(4-6)9(10)11;4-3-5-1-2-6-3;/h3-5H,1-2H3,(H,10,11);1-2H2,(H3,4,5,6);1H. The minimum atomic E-state index is -0.864. The van der Waals surface area contributed by atoms with Gasteiger partial charge in [-0.05, 0) is 26.0 Å². The van der Waals surface area contributed by atoms with Gasteiger partial charge in [0.15, 0.2) is 5.96 Å². The van der Waals surface area contributed by atoms with Gasteiger partial charge < -0.3 is 15.7 Å². The van der Waals surface area contributed by atoms with Crippen LogP contribution in [0.2, 0.25) is 0 Å². The number of carbonyl (C=O) groups is 1. The quantitative estimate of drug-likeness (QED) is 0.624. The van der Waals surface area contributed by atoms with Crippen molar-refractivity contribution in [3.05, 3.63) is 34.9 Å². The van der Waals surface area contributed by atoms with Gasteiger partial charge in [0.1, 0.15) is 0 Å². The monoisotopic (exact) mass is 271 g/mol. The zero-order valence-corrected chi connectivity index (χ0v) is 11.2. The van der Waals surface area contributed by atoms with Crippen molar-refractivity contribution in [1.29, 1.82) is 5.41 Å². The Balaban J connectivity index is 0.000000352. The van der Waals surface area contributed by atoms with Gasteiger partial charge in [0.2, 0.25) is 0 Å². The smallest absolute Gasteiger partial charge is 0.335 e. The first-order valence-corrected chi connectivity index (χ1v) is 5.37. The molecule has 0 aliphatic carbocycles. The van der Waals surface area contributed by atoms with Gasteiger partial charge in [-0.15, -0.1) is 12.4 Å². The maximum absolute atomic E-state index is 10.5. The molecule has 5 nitrogen and oxygen atoms in total. The Morgan fingerprint density at radius 1 is 1.17 bits per heavy atom. The second-order valence-electron chi connectivity index (χ2n) is 3.91. The Bertz CT molecular complexity index is 407. The number of carboxylic acid groups (broad SMARTS) is 1. The van der Waals surface area contributed by atoms with Crippen molar-refractivity contribution in [1.82, 2.24) is 10.6 Å². The van der Waals surface area contributed by atoms with Crippen molar-refractivity contribution in [2.45, 2.75) is 13.8 Å². The second kappa shape index (κ2) is 7.55. The number of aryl methyl sites for hydroxylation is 2. The third-order valence-corrected chi connectivity index (χ3v) is 2.20. The molecule has 1 aromatic carbocycles. The molecule has 1 aliphatic heterocycles. The predicted molar refractivity (Wildman–Crippen MR) is 73.9 cm³/mol. The van der Waals surface area contributed by atoms with Crippen LogP contribution in [0.1, 0.15) is 21.5 Å². The molecule has 0 unspecified atom stereocenters. The molecule has 1 aromatic rings.